The number of hydrogen-bond donors (Lipinski definition) is 1. The van der Waals surface area contributed by atoms with Crippen molar-refractivity contribution in [3.63, 3.8) is 0 Å². The number of aromatic hydroxyl groups is 1. The van der Waals surface area contributed by atoms with E-state index in [1.165, 1.54) is 19.3 Å². The number of rotatable bonds is 6. The first-order valence-corrected chi connectivity index (χ1v) is 7.91. The van der Waals surface area contributed by atoms with Crippen molar-refractivity contribution in [1.29, 1.82) is 0 Å². The summed E-state index contributed by atoms with van der Waals surface area (Å²) in [5.74, 6) is 1.11. The summed E-state index contributed by atoms with van der Waals surface area (Å²) in [7, 11) is 0. The first kappa shape index (κ1) is 15.0. The van der Waals surface area contributed by atoms with Gasteiger partial charge in [0.2, 0.25) is 0 Å². The molecule has 0 spiro atoms. The molecule has 0 saturated carbocycles. The lowest BCUT2D eigenvalue weighted by Crippen LogP contribution is -2.50. The van der Waals surface area contributed by atoms with Gasteiger partial charge in [-0.3, -0.25) is 0 Å². The van der Waals surface area contributed by atoms with Crippen molar-refractivity contribution in [2.75, 3.05) is 18.0 Å². The van der Waals surface area contributed by atoms with Crippen LogP contribution in [0.3, 0.4) is 0 Å². The highest BCUT2D eigenvalue weighted by Gasteiger charge is 2.36. The third-order valence-electron chi connectivity index (χ3n) is 4.41. The molecule has 1 aliphatic heterocycles. The van der Waals surface area contributed by atoms with Crippen LogP contribution in [0.1, 0.15) is 52.9 Å². The molecule has 20 heavy (non-hydrogen) atoms. The van der Waals surface area contributed by atoms with Crippen molar-refractivity contribution in [1.82, 2.24) is 0 Å². The smallest absolute Gasteiger partial charge is 0.147 e. The fourth-order valence-corrected chi connectivity index (χ4v) is 2.91. The molecular weight excluding hydrogens is 250 g/mol. The second-order valence-corrected chi connectivity index (χ2v) is 5.77. The van der Waals surface area contributed by atoms with E-state index in [1.807, 2.05) is 6.07 Å². The third kappa shape index (κ3) is 3.02. The van der Waals surface area contributed by atoms with Crippen molar-refractivity contribution in [2.24, 2.45) is 0 Å². The number of fused-ring (bicyclic) bond motifs is 1. The van der Waals surface area contributed by atoms with Crippen molar-refractivity contribution < 1.29 is 9.84 Å². The number of hydrogen-bond acceptors (Lipinski definition) is 3. The molecule has 1 aromatic carbocycles. The monoisotopic (exact) mass is 277 g/mol. The normalized spacial score (nSPS) is 16.6. The minimum absolute atomic E-state index is 0.118. The maximum Gasteiger partial charge on any atom is 0.147 e. The average molecular weight is 277 g/mol. The quantitative estimate of drug-likeness (QED) is 0.785. The van der Waals surface area contributed by atoms with Crippen molar-refractivity contribution in [3.05, 3.63) is 18.2 Å². The van der Waals surface area contributed by atoms with Crippen LogP contribution in [0, 0.1) is 0 Å². The van der Waals surface area contributed by atoms with Crippen molar-refractivity contribution in [3.8, 4) is 11.5 Å². The molecule has 0 bridgehead atoms. The molecular formula is C17H27NO2. The highest BCUT2D eigenvalue weighted by molar-refractivity contribution is 5.63. The molecule has 0 amide bonds. The minimum Gasteiger partial charge on any atom is -0.508 e. The van der Waals surface area contributed by atoms with Crippen molar-refractivity contribution in [2.45, 2.75) is 58.5 Å². The van der Waals surface area contributed by atoms with Gasteiger partial charge in [-0.25, -0.2) is 0 Å². The van der Waals surface area contributed by atoms with Crippen LogP contribution in [0.15, 0.2) is 18.2 Å². The Bertz CT molecular complexity index is 441. The Labute approximate surface area is 122 Å². The van der Waals surface area contributed by atoms with E-state index in [0.29, 0.717) is 0 Å². The lowest BCUT2D eigenvalue weighted by Gasteiger charge is -2.44. The lowest BCUT2D eigenvalue weighted by atomic mass is 9.93. The molecule has 3 heteroatoms. The number of phenols is 1. The number of unbranched alkanes of at least 4 members (excludes halogenated alkanes) is 2. The van der Waals surface area contributed by atoms with E-state index >= 15 is 0 Å². The number of phenolic OH excluding ortho intramolecular Hbond substituents is 1. The van der Waals surface area contributed by atoms with E-state index in [2.05, 4.69) is 25.7 Å². The summed E-state index contributed by atoms with van der Waals surface area (Å²) in [6, 6.07) is 5.48. The fraction of sp³-hybridized carbons (Fsp3) is 0.647. The summed E-state index contributed by atoms with van der Waals surface area (Å²) in [5.41, 5.74) is 1.00. The van der Waals surface area contributed by atoms with Gasteiger partial charge in [-0.05, 0) is 31.4 Å². The van der Waals surface area contributed by atoms with Crippen LogP contribution in [-0.4, -0.2) is 23.8 Å². The van der Waals surface area contributed by atoms with E-state index in [9.17, 15) is 5.11 Å². The summed E-state index contributed by atoms with van der Waals surface area (Å²) < 4.78 is 6.23. The first-order valence-electron chi connectivity index (χ1n) is 7.91. The molecule has 0 saturated heterocycles. The van der Waals surface area contributed by atoms with E-state index in [0.717, 1.165) is 37.4 Å². The van der Waals surface area contributed by atoms with E-state index < -0.39 is 0 Å². The van der Waals surface area contributed by atoms with Gasteiger partial charge < -0.3 is 14.7 Å². The number of benzene rings is 1. The first-order chi connectivity index (χ1) is 9.64. The molecule has 3 nitrogen and oxygen atoms in total. The summed E-state index contributed by atoms with van der Waals surface area (Å²) in [6.07, 6.45) is 5.68. The molecule has 1 heterocycles. The maximum atomic E-state index is 9.71. The average Bonchev–Trinajstić information content (AvgIpc) is 2.46. The van der Waals surface area contributed by atoms with Crippen molar-refractivity contribution >= 4 is 5.69 Å². The molecule has 112 valence electrons. The van der Waals surface area contributed by atoms with Gasteiger partial charge in [0.15, 0.2) is 0 Å². The van der Waals surface area contributed by atoms with Crippen LogP contribution in [0.5, 0.6) is 11.5 Å². The number of ether oxygens (including phenoxy) is 1. The van der Waals surface area contributed by atoms with Crippen LogP contribution < -0.4 is 9.64 Å². The van der Waals surface area contributed by atoms with Gasteiger partial charge in [-0.2, -0.15) is 0 Å². The zero-order chi connectivity index (χ0) is 14.6. The summed E-state index contributed by atoms with van der Waals surface area (Å²) in [5, 5.41) is 9.71. The zero-order valence-electron chi connectivity index (χ0n) is 13.0. The molecule has 0 unspecified atom stereocenters. The summed E-state index contributed by atoms with van der Waals surface area (Å²) >= 11 is 0. The molecule has 0 atom stereocenters. The SMILES string of the molecule is CCCCCN1CC(CC)(CC)Oc2cc(O)ccc21. The third-order valence-corrected chi connectivity index (χ3v) is 4.41. The Morgan fingerprint density at radius 1 is 1.20 bits per heavy atom. The molecule has 0 aliphatic carbocycles. The maximum absolute atomic E-state index is 9.71. The van der Waals surface area contributed by atoms with Crippen LogP contribution in [0.4, 0.5) is 5.69 Å². The Morgan fingerprint density at radius 2 is 1.95 bits per heavy atom. The molecule has 2 rings (SSSR count). The van der Waals surface area contributed by atoms with Gasteiger partial charge in [0.25, 0.3) is 0 Å². The van der Waals surface area contributed by atoms with E-state index in [1.54, 1.807) is 12.1 Å². The Morgan fingerprint density at radius 3 is 2.60 bits per heavy atom. The van der Waals surface area contributed by atoms with Gasteiger partial charge in [-0.15, -0.1) is 0 Å². The molecule has 1 aliphatic rings. The standard InChI is InChI=1S/C17H27NO2/c1-4-7-8-11-18-13-17(5-2,6-3)20-16-12-14(19)9-10-15(16)18/h9-10,12,19H,4-8,11,13H2,1-3H3. The van der Waals surface area contributed by atoms with E-state index in [-0.39, 0.29) is 11.4 Å². The molecule has 1 aromatic rings. The summed E-state index contributed by atoms with van der Waals surface area (Å²) in [4.78, 5) is 2.43. The largest absolute Gasteiger partial charge is 0.508 e. The lowest BCUT2D eigenvalue weighted by molar-refractivity contribution is 0.0571. The topological polar surface area (TPSA) is 32.7 Å². The minimum atomic E-state index is -0.118. The van der Waals surface area contributed by atoms with Crippen LogP contribution >= 0.6 is 0 Å². The molecule has 1 N–H and O–H groups in total. The Balaban J connectivity index is 2.26. The zero-order valence-corrected chi connectivity index (χ0v) is 13.0. The Kier molecular flexibility index (Phi) is 4.79. The second kappa shape index (κ2) is 6.38. The highest BCUT2D eigenvalue weighted by Crippen LogP contribution is 2.41. The predicted molar refractivity (Wildman–Crippen MR) is 83.8 cm³/mol. The molecule has 0 radical (unpaired) electrons. The highest BCUT2D eigenvalue weighted by atomic mass is 16.5. The van der Waals surface area contributed by atoms with Gasteiger partial charge in [-0.1, -0.05) is 33.6 Å². The summed E-state index contributed by atoms with van der Waals surface area (Å²) in [6.45, 7) is 8.61. The number of nitrogens with zero attached hydrogens (tertiary/aromatic N) is 1. The predicted octanol–water partition coefficient (Wildman–Crippen LogP) is 4.34. The van der Waals surface area contributed by atoms with E-state index in [4.69, 9.17) is 4.74 Å². The van der Waals surface area contributed by atoms with Gasteiger partial charge in [0.05, 0.1) is 12.2 Å². The van der Waals surface area contributed by atoms with Crippen LogP contribution in [0.2, 0.25) is 0 Å². The molecule has 0 aromatic heterocycles. The van der Waals surface area contributed by atoms with Gasteiger partial charge >= 0.3 is 0 Å². The number of anilines is 1. The Hall–Kier alpha value is -1.38. The van der Waals surface area contributed by atoms with Gasteiger partial charge in [0.1, 0.15) is 17.1 Å². The van der Waals surface area contributed by atoms with Crippen LogP contribution in [-0.2, 0) is 0 Å². The second-order valence-electron chi connectivity index (χ2n) is 5.77. The van der Waals surface area contributed by atoms with Crippen LogP contribution in [0.25, 0.3) is 0 Å². The molecule has 0 fully saturated rings. The van der Waals surface area contributed by atoms with Gasteiger partial charge in [0, 0.05) is 12.6 Å². The fourth-order valence-electron chi connectivity index (χ4n) is 2.91.